The van der Waals surface area contributed by atoms with Crippen molar-refractivity contribution in [3.63, 3.8) is 0 Å². The van der Waals surface area contributed by atoms with Gasteiger partial charge in [-0.1, -0.05) is 53.2 Å². The van der Waals surface area contributed by atoms with Crippen LogP contribution in [0.1, 0.15) is 5.56 Å². The highest BCUT2D eigenvalue weighted by Gasteiger charge is 2.31. The van der Waals surface area contributed by atoms with Crippen LogP contribution in [0.2, 0.25) is 10.0 Å². The third-order valence-corrected chi connectivity index (χ3v) is 4.75. The highest BCUT2D eigenvalue weighted by Crippen LogP contribution is 2.33. The Hall–Kier alpha value is -0.590. The molecule has 1 fully saturated rings. The number of rotatable bonds is 4. The van der Waals surface area contributed by atoms with Gasteiger partial charge in [-0.05, 0) is 23.8 Å². The Balaban J connectivity index is 2.20. The van der Waals surface area contributed by atoms with Crippen molar-refractivity contribution in [3.05, 3.63) is 38.7 Å². The van der Waals surface area contributed by atoms with Crippen LogP contribution < -0.4 is 0 Å². The minimum absolute atomic E-state index is 0.108. The molecule has 0 radical (unpaired) electrons. The second-order valence-corrected chi connectivity index (χ2v) is 6.49. The van der Waals surface area contributed by atoms with E-state index in [1.54, 1.807) is 31.4 Å². The van der Waals surface area contributed by atoms with Crippen LogP contribution in [0.5, 0.6) is 0 Å². The van der Waals surface area contributed by atoms with Crippen LogP contribution in [0.3, 0.4) is 0 Å². The van der Waals surface area contributed by atoms with Crippen molar-refractivity contribution in [1.29, 1.82) is 0 Å². The summed E-state index contributed by atoms with van der Waals surface area (Å²) in [6, 6.07) is 5.21. The van der Waals surface area contributed by atoms with Gasteiger partial charge in [0.25, 0.3) is 5.91 Å². The van der Waals surface area contributed by atoms with E-state index in [2.05, 4.69) is 0 Å². The zero-order valence-corrected chi connectivity index (χ0v) is 13.7. The number of carbonyl (C=O) groups excluding carboxylic acids is 1. The number of halogens is 2. The van der Waals surface area contributed by atoms with Gasteiger partial charge in [0.05, 0.1) is 28.1 Å². The second kappa shape index (κ2) is 6.91. The first-order chi connectivity index (χ1) is 9.52. The topological polar surface area (TPSA) is 29.5 Å². The molecular formula is C13H11Cl2NO2S2. The fraction of sp³-hybridized carbons (Fsp3) is 0.231. The summed E-state index contributed by atoms with van der Waals surface area (Å²) < 4.78 is 5.51. The molecule has 1 aliphatic rings. The number of amides is 1. The normalized spacial score (nSPS) is 17.4. The van der Waals surface area contributed by atoms with Gasteiger partial charge in [0, 0.05) is 7.11 Å². The number of nitrogens with zero attached hydrogens (tertiary/aromatic N) is 1. The number of ether oxygens (including phenoxy) is 1. The Morgan fingerprint density at radius 3 is 2.80 bits per heavy atom. The van der Waals surface area contributed by atoms with Gasteiger partial charge in [0.1, 0.15) is 4.32 Å². The van der Waals surface area contributed by atoms with E-state index in [0.717, 1.165) is 5.56 Å². The Morgan fingerprint density at radius 2 is 2.15 bits per heavy atom. The summed E-state index contributed by atoms with van der Waals surface area (Å²) in [7, 11) is 1.59. The van der Waals surface area contributed by atoms with Gasteiger partial charge < -0.3 is 4.74 Å². The molecule has 0 aromatic heterocycles. The fourth-order valence-corrected chi connectivity index (χ4v) is 3.24. The maximum atomic E-state index is 12.2. The molecule has 1 heterocycles. The molecule has 1 amide bonds. The van der Waals surface area contributed by atoms with Crippen molar-refractivity contribution in [1.82, 2.24) is 4.90 Å². The van der Waals surface area contributed by atoms with Crippen molar-refractivity contribution < 1.29 is 9.53 Å². The molecule has 1 aromatic rings. The van der Waals surface area contributed by atoms with Crippen LogP contribution in [0.4, 0.5) is 0 Å². The molecule has 0 unspecified atom stereocenters. The van der Waals surface area contributed by atoms with E-state index in [9.17, 15) is 4.79 Å². The zero-order valence-electron chi connectivity index (χ0n) is 10.6. The first-order valence-electron chi connectivity index (χ1n) is 5.72. The van der Waals surface area contributed by atoms with E-state index < -0.39 is 0 Å². The van der Waals surface area contributed by atoms with Gasteiger partial charge in [-0.3, -0.25) is 9.69 Å². The van der Waals surface area contributed by atoms with Gasteiger partial charge >= 0.3 is 0 Å². The fourth-order valence-electron chi connectivity index (χ4n) is 1.63. The average Bonchev–Trinajstić information content (AvgIpc) is 2.67. The first-order valence-corrected chi connectivity index (χ1v) is 7.70. The van der Waals surface area contributed by atoms with Gasteiger partial charge in [-0.25, -0.2) is 0 Å². The van der Waals surface area contributed by atoms with Crippen LogP contribution in [-0.4, -0.2) is 35.4 Å². The van der Waals surface area contributed by atoms with Gasteiger partial charge in [0.15, 0.2) is 0 Å². The van der Waals surface area contributed by atoms with Gasteiger partial charge in [-0.15, -0.1) is 0 Å². The minimum atomic E-state index is -0.108. The molecular weight excluding hydrogens is 337 g/mol. The lowest BCUT2D eigenvalue weighted by atomic mass is 10.2. The Bertz CT molecular complexity index is 590. The molecule has 106 valence electrons. The highest BCUT2D eigenvalue weighted by molar-refractivity contribution is 8.26. The third-order valence-electron chi connectivity index (χ3n) is 2.63. The van der Waals surface area contributed by atoms with Crippen molar-refractivity contribution in [3.8, 4) is 0 Å². The molecule has 1 aromatic carbocycles. The molecule has 0 atom stereocenters. The highest BCUT2D eigenvalue weighted by atomic mass is 35.5. The smallest absolute Gasteiger partial charge is 0.266 e. The molecule has 1 aliphatic heterocycles. The Labute approximate surface area is 136 Å². The lowest BCUT2D eigenvalue weighted by Crippen LogP contribution is -2.31. The van der Waals surface area contributed by atoms with E-state index in [-0.39, 0.29) is 5.91 Å². The third kappa shape index (κ3) is 3.54. The summed E-state index contributed by atoms with van der Waals surface area (Å²) in [4.78, 5) is 14.3. The van der Waals surface area contributed by atoms with Crippen LogP contribution >= 0.6 is 47.2 Å². The van der Waals surface area contributed by atoms with E-state index in [4.69, 9.17) is 40.2 Å². The number of hydrogen-bond donors (Lipinski definition) is 0. The van der Waals surface area contributed by atoms with Gasteiger partial charge in [0.2, 0.25) is 0 Å². The number of hydrogen-bond acceptors (Lipinski definition) is 4. The largest absolute Gasteiger partial charge is 0.383 e. The molecule has 3 nitrogen and oxygen atoms in total. The first kappa shape index (κ1) is 15.8. The summed E-state index contributed by atoms with van der Waals surface area (Å²) in [6.45, 7) is 0.909. The van der Waals surface area contributed by atoms with Crippen molar-refractivity contribution in [2.45, 2.75) is 0 Å². The number of methoxy groups -OCH3 is 1. The number of thiocarbonyl (C=S) groups is 1. The standard InChI is InChI=1S/C13H11Cl2NO2S2/c1-18-5-4-16-12(17)11(20-13(16)19)7-8-2-3-9(14)10(15)6-8/h2-3,6-7H,4-5H2,1H3/b11-7-. The average molecular weight is 348 g/mol. The molecule has 0 spiro atoms. The number of carbonyl (C=O) groups is 1. The predicted molar refractivity (Wildman–Crippen MR) is 88.2 cm³/mol. The summed E-state index contributed by atoms with van der Waals surface area (Å²) in [5.41, 5.74) is 0.812. The number of benzene rings is 1. The summed E-state index contributed by atoms with van der Waals surface area (Å²) in [6.07, 6.45) is 1.76. The SMILES string of the molecule is COCCN1C(=O)/C(=C/c2ccc(Cl)c(Cl)c2)SC1=S. The zero-order chi connectivity index (χ0) is 14.7. The number of thioether (sulfide) groups is 1. The molecule has 2 rings (SSSR count). The minimum Gasteiger partial charge on any atom is -0.383 e. The van der Waals surface area contributed by atoms with Crippen LogP contribution in [0.15, 0.2) is 23.1 Å². The maximum Gasteiger partial charge on any atom is 0.266 e. The Kier molecular flexibility index (Phi) is 5.46. The van der Waals surface area contributed by atoms with Crippen LogP contribution in [-0.2, 0) is 9.53 Å². The van der Waals surface area contributed by atoms with Crippen molar-refractivity contribution in [2.75, 3.05) is 20.3 Å². The lowest BCUT2D eigenvalue weighted by Gasteiger charge is -2.12. The molecule has 7 heteroatoms. The molecule has 0 bridgehead atoms. The molecule has 0 aliphatic carbocycles. The van der Waals surface area contributed by atoms with E-state index in [0.29, 0.717) is 32.4 Å². The summed E-state index contributed by atoms with van der Waals surface area (Å²) >= 11 is 18.3. The van der Waals surface area contributed by atoms with E-state index in [1.807, 2.05) is 0 Å². The van der Waals surface area contributed by atoms with Crippen molar-refractivity contribution in [2.24, 2.45) is 0 Å². The Morgan fingerprint density at radius 1 is 1.40 bits per heavy atom. The summed E-state index contributed by atoms with van der Waals surface area (Å²) in [5.74, 6) is -0.108. The quantitative estimate of drug-likeness (QED) is 0.611. The maximum absolute atomic E-state index is 12.2. The second-order valence-electron chi connectivity index (χ2n) is 4.00. The molecule has 0 N–H and O–H groups in total. The lowest BCUT2D eigenvalue weighted by molar-refractivity contribution is -0.122. The van der Waals surface area contributed by atoms with Crippen LogP contribution in [0.25, 0.3) is 6.08 Å². The molecule has 0 saturated carbocycles. The molecule has 20 heavy (non-hydrogen) atoms. The van der Waals surface area contributed by atoms with E-state index in [1.165, 1.54) is 16.7 Å². The van der Waals surface area contributed by atoms with E-state index >= 15 is 0 Å². The van der Waals surface area contributed by atoms with Crippen molar-refractivity contribution >= 4 is 63.5 Å². The van der Waals surface area contributed by atoms with Gasteiger partial charge in [-0.2, -0.15) is 0 Å². The van der Waals surface area contributed by atoms with Crippen LogP contribution in [0, 0.1) is 0 Å². The monoisotopic (exact) mass is 347 g/mol. The predicted octanol–water partition coefficient (Wildman–Crippen LogP) is 3.84. The molecule has 1 saturated heterocycles. The summed E-state index contributed by atoms with van der Waals surface area (Å²) in [5, 5.41) is 0.937.